The summed E-state index contributed by atoms with van der Waals surface area (Å²) in [5.74, 6) is -0.0719. The van der Waals surface area contributed by atoms with Crippen LogP contribution >= 0.6 is 15.9 Å². The van der Waals surface area contributed by atoms with Gasteiger partial charge < -0.3 is 14.4 Å². The minimum Gasteiger partial charge on any atom is -0.460 e. The second-order valence-corrected chi connectivity index (χ2v) is 14.7. The number of aliphatic hydroxyl groups is 1. The maximum absolute atomic E-state index is 12.9. The molecule has 29 heavy (non-hydrogen) atoms. The summed E-state index contributed by atoms with van der Waals surface area (Å²) < 4.78 is 13.2. The highest BCUT2D eigenvalue weighted by Crippen LogP contribution is 2.37. The highest BCUT2D eigenvalue weighted by Gasteiger charge is 2.47. The second kappa shape index (κ2) is 9.60. The third-order valence-corrected chi connectivity index (χ3v) is 8.89. The quantitative estimate of drug-likeness (QED) is 0.410. The molecule has 3 atom stereocenters. The van der Waals surface area contributed by atoms with Crippen molar-refractivity contribution in [1.82, 2.24) is 5.06 Å². The Hall–Kier alpha value is -0.733. The van der Waals surface area contributed by atoms with Gasteiger partial charge in [-0.1, -0.05) is 41.9 Å². The van der Waals surface area contributed by atoms with E-state index < -0.39 is 20.0 Å². The second-order valence-electron chi connectivity index (χ2n) is 9.80. The first-order valence-electron chi connectivity index (χ1n) is 10.4. The van der Waals surface area contributed by atoms with Gasteiger partial charge in [0.05, 0.1) is 17.7 Å². The van der Waals surface area contributed by atoms with Crippen LogP contribution < -0.4 is 0 Å². The van der Waals surface area contributed by atoms with Gasteiger partial charge in [-0.05, 0) is 70.3 Å². The monoisotopic (exact) mass is 485 g/mol. The molecule has 0 bridgehead atoms. The van der Waals surface area contributed by atoms with Crippen LogP contribution in [0.3, 0.4) is 0 Å². The van der Waals surface area contributed by atoms with E-state index in [-0.39, 0.29) is 23.5 Å². The summed E-state index contributed by atoms with van der Waals surface area (Å²) in [4.78, 5) is 12.9. The van der Waals surface area contributed by atoms with Gasteiger partial charge in [-0.25, -0.2) is 0 Å². The smallest absolute Gasteiger partial charge is 0.309 e. The normalized spacial score (nSPS) is 20.7. The SMILES string of the molecule is CC(C)C(C(=O)OC(C)(C)C)[Si](C)(C)ON1CCC[C@H]1C(O)c1ccc(Br)cc1. The molecular weight excluding hydrogens is 450 g/mol. The van der Waals surface area contributed by atoms with E-state index in [4.69, 9.17) is 9.26 Å². The average molecular weight is 487 g/mol. The third-order valence-electron chi connectivity index (χ3n) is 5.25. The first-order chi connectivity index (χ1) is 13.3. The van der Waals surface area contributed by atoms with Crippen LogP contribution in [0.15, 0.2) is 28.7 Å². The molecule has 0 radical (unpaired) electrons. The predicted molar refractivity (Wildman–Crippen MR) is 122 cm³/mol. The summed E-state index contributed by atoms with van der Waals surface area (Å²) >= 11 is 3.44. The van der Waals surface area contributed by atoms with Gasteiger partial charge in [0.1, 0.15) is 5.60 Å². The number of carbonyl (C=O) groups excluding carboxylic acids is 1. The van der Waals surface area contributed by atoms with Crippen LogP contribution in [0.1, 0.15) is 59.1 Å². The van der Waals surface area contributed by atoms with E-state index in [9.17, 15) is 9.90 Å². The lowest BCUT2D eigenvalue weighted by atomic mass is 10.0. The van der Waals surface area contributed by atoms with E-state index in [1.165, 1.54) is 0 Å². The Kier molecular flexibility index (Phi) is 8.12. The molecule has 0 aromatic heterocycles. The van der Waals surface area contributed by atoms with E-state index in [1.54, 1.807) is 0 Å². The molecule has 164 valence electrons. The number of aliphatic hydroxyl groups excluding tert-OH is 1. The number of ether oxygens (including phenoxy) is 1. The molecule has 5 nitrogen and oxygen atoms in total. The molecule has 0 spiro atoms. The number of benzene rings is 1. The zero-order chi connectivity index (χ0) is 22.0. The number of rotatable bonds is 7. The van der Waals surface area contributed by atoms with Crippen molar-refractivity contribution in [3.8, 4) is 0 Å². The summed E-state index contributed by atoms with van der Waals surface area (Å²) in [6.07, 6.45) is 1.19. The van der Waals surface area contributed by atoms with E-state index in [0.717, 1.165) is 29.4 Å². The maximum Gasteiger partial charge on any atom is 0.309 e. The molecule has 7 heteroatoms. The fourth-order valence-corrected chi connectivity index (χ4v) is 7.60. The van der Waals surface area contributed by atoms with Crippen LogP contribution in [0.5, 0.6) is 0 Å². The van der Waals surface area contributed by atoms with Crippen LogP contribution in [0.4, 0.5) is 0 Å². The van der Waals surface area contributed by atoms with Gasteiger partial charge in [0.25, 0.3) is 0 Å². The van der Waals surface area contributed by atoms with Gasteiger partial charge in [0, 0.05) is 11.0 Å². The lowest BCUT2D eigenvalue weighted by Gasteiger charge is -2.39. The van der Waals surface area contributed by atoms with Gasteiger partial charge in [0.15, 0.2) is 0 Å². The van der Waals surface area contributed by atoms with Gasteiger partial charge >= 0.3 is 5.97 Å². The van der Waals surface area contributed by atoms with Gasteiger partial charge in [-0.3, -0.25) is 4.79 Å². The van der Waals surface area contributed by atoms with Crippen molar-refractivity contribution in [2.24, 2.45) is 5.92 Å². The molecule has 2 rings (SSSR count). The van der Waals surface area contributed by atoms with Crippen molar-refractivity contribution < 1.29 is 19.2 Å². The Bertz CT molecular complexity index is 687. The molecule has 1 aliphatic heterocycles. The average Bonchev–Trinajstić information content (AvgIpc) is 2.99. The molecule has 1 fully saturated rings. The van der Waals surface area contributed by atoms with Crippen LogP contribution in [-0.4, -0.2) is 42.6 Å². The van der Waals surface area contributed by atoms with E-state index >= 15 is 0 Å². The number of halogens is 1. The number of hydrogen-bond acceptors (Lipinski definition) is 5. The zero-order valence-electron chi connectivity index (χ0n) is 18.7. The highest BCUT2D eigenvalue weighted by molar-refractivity contribution is 9.10. The molecule has 1 N–H and O–H groups in total. The van der Waals surface area contributed by atoms with Crippen molar-refractivity contribution in [2.75, 3.05) is 6.54 Å². The highest BCUT2D eigenvalue weighted by atomic mass is 79.9. The molecule has 1 aliphatic rings. The molecule has 1 aromatic rings. The fraction of sp³-hybridized carbons (Fsp3) is 0.682. The van der Waals surface area contributed by atoms with Crippen LogP contribution in [0, 0.1) is 5.92 Å². The Labute approximate surface area is 185 Å². The largest absolute Gasteiger partial charge is 0.460 e. The molecule has 1 saturated heterocycles. The number of hydroxylamine groups is 2. The minimum absolute atomic E-state index is 0.115. The first kappa shape index (κ1) is 24.5. The standard InChI is InChI=1S/C22H36BrNO4Si/c1-15(2)20(21(26)27-22(3,4)5)29(6,7)28-24-14-8-9-18(24)19(25)16-10-12-17(23)13-11-16/h10-13,15,18-20,25H,8-9,14H2,1-7H3/t18-,19?,20?/m0/s1. The van der Waals surface area contributed by atoms with Crippen molar-refractivity contribution >= 4 is 30.2 Å². The molecule has 2 unspecified atom stereocenters. The predicted octanol–water partition coefficient (Wildman–Crippen LogP) is 5.45. The Morgan fingerprint density at radius 1 is 1.24 bits per heavy atom. The van der Waals surface area contributed by atoms with E-state index in [2.05, 4.69) is 29.0 Å². The molecule has 1 aromatic carbocycles. The Morgan fingerprint density at radius 3 is 2.34 bits per heavy atom. The van der Waals surface area contributed by atoms with Crippen molar-refractivity contribution in [2.45, 2.75) is 83.8 Å². The Balaban J connectivity index is 2.17. The van der Waals surface area contributed by atoms with Crippen molar-refractivity contribution in [1.29, 1.82) is 0 Å². The number of esters is 1. The molecule has 0 amide bonds. The maximum atomic E-state index is 12.9. The van der Waals surface area contributed by atoms with Crippen LogP contribution in [-0.2, 0) is 14.1 Å². The summed E-state index contributed by atoms with van der Waals surface area (Å²) in [6, 6.07) is 7.63. The molecule has 0 saturated carbocycles. The zero-order valence-corrected chi connectivity index (χ0v) is 21.3. The number of carbonyl (C=O) groups is 1. The fourth-order valence-electron chi connectivity index (χ4n) is 4.16. The number of nitrogens with zero attached hydrogens (tertiary/aromatic N) is 1. The van der Waals surface area contributed by atoms with Gasteiger partial charge in [0.2, 0.25) is 8.32 Å². The topological polar surface area (TPSA) is 59.0 Å². The van der Waals surface area contributed by atoms with Gasteiger partial charge in [-0.2, -0.15) is 5.06 Å². The third kappa shape index (κ3) is 6.62. The molecule has 0 aliphatic carbocycles. The van der Waals surface area contributed by atoms with Crippen LogP contribution in [0.2, 0.25) is 18.6 Å². The van der Waals surface area contributed by atoms with Gasteiger partial charge in [-0.15, -0.1) is 0 Å². The van der Waals surface area contributed by atoms with Crippen LogP contribution in [0.25, 0.3) is 0 Å². The summed E-state index contributed by atoms with van der Waals surface area (Å²) in [7, 11) is -2.49. The molecular formula is C22H36BrNO4Si. The molecule has 1 heterocycles. The van der Waals surface area contributed by atoms with Crippen molar-refractivity contribution in [3.63, 3.8) is 0 Å². The first-order valence-corrected chi connectivity index (χ1v) is 14.2. The summed E-state index contributed by atoms with van der Waals surface area (Å²) in [5.41, 5.74) is 0.0661. The Morgan fingerprint density at radius 2 is 1.83 bits per heavy atom. The summed E-state index contributed by atoms with van der Waals surface area (Å²) in [5, 5.41) is 12.9. The minimum atomic E-state index is -2.49. The van der Waals surface area contributed by atoms with E-state index in [0.29, 0.717) is 0 Å². The van der Waals surface area contributed by atoms with E-state index in [1.807, 2.05) is 63.9 Å². The lowest BCUT2D eigenvalue weighted by Crippen LogP contribution is -2.51. The lowest BCUT2D eigenvalue weighted by molar-refractivity contribution is -0.158. The summed E-state index contributed by atoms with van der Waals surface area (Å²) in [6.45, 7) is 14.7. The van der Waals surface area contributed by atoms with Crippen molar-refractivity contribution in [3.05, 3.63) is 34.3 Å². The number of hydrogen-bond donors (Lipinski definition) is 1.